The Morgan fingerprint density at radius 1 is 1.00 bits per heavy atom. The van der Waals surface area contributed by atoms with Crippen LogP contribution in [0.4, 0.5) is 0 Å². The third kappa shape index (κ3) is 4.65. The van der Waals surface area contributed by atoms with Gasteiger partial charge in [-0.2, -0.15) is 0 Å². The Hall–Kier alpha value is -0.820. The molecule has 2 atom stereocenters. The highest BCUT2D eigenvalue weighted by atomic mass is 15.2. The van der Waals surface area contributed by atoms with E-state index < -0.39 is 0 Å². The second-order valence-electron chi connectivity index (χ2n) is 5.87. The molecule has 0 N–H and O–H groups in total. The summed E-state index contributed by atoms with van der Waals surface area (Å²) in [4.78, 5) is 2.73. The molecule has 2 aliphatic rings. The van der Waals surface area contributed by atoms with Crippen molar-refractivity contribution < 1.29 is 0 Å². The van der Waals surface area contributed by atoms with Crippen LogP contribution in [0.5, 0.6) is 0 Å². The minimum Gasteiger partial charge on any atom is -0.294 e. The summed E-state index contributed by atoms with van der Waals surface area (Å²) in [5.41, 5.74) is 0. The van der Waals surface area contributed by atoms with Gasteiger partial charge in [-0.05, 0) is 38.6 Å². The second kappa shape index (κ2) is 8.37. The number of hydrogen-bond donors (Lipinski definition) is 0. The van der Waals surface area contributed by atoms with Gasteiger partial charge >= 0.3 is 0 Å². The van der Waals surface area contributed by atoms with E-state index in [1.807, 2.05) is 0 Å². The molecular weight excluding hydrogens is 230 g/mol. The van der Waals surface area contributed by atoms with Crippen molar-refractivity contribution in [1.29, 1.82) is 0 Å². The van der Waals surface area contributed by atoms with Gasteiger partial charge in [0.2, 0.25) is 0 Å². The van der Waals surface area contributed by atoms with Gasteiger partial charge in [-0.25, -0.2) is 0 Å². The number of piperidine rings is 1. The second-order valence-corrected chi connectivity index (χ2v) is 5.87. The van der Waals surface area contributed by atoms with E-state index in [9.17, 15) is 0 Å². The van der Waals surface area contributed by atoms with Crippen molar-refractivity contribution in [2.45, 2.75) is 70.4 Å². The van der Waals surface area contributed by atoms with Gasteiger partial charge in [0, 0.05) is 12.1 Å². The molecule has 2 rings (SSSR count). The van der Waals surface area contributed by atoms with Crippen LogP contribution in [0.1, 0.15) is 58.3 Å². The van der Waals surface area contributed by atoms with E-state index >= 15 is 0 Å². The Bertz CT molecular complexity index is 327. The third-order valence-electron chi connectivity index (χ3n) is 4.41. The molecule has 0 aromatic carbocycles. The zero-order valence-corrected chi connectivity index (χ0v) is 12.4. The van der Waals surface area contributed by atoms with Crippen LogP contribution in [0.3, 0.4) is 0 Å². The van der Waals surface area contributed by atoms with Gasteiger partial charge in [-0.15, -0.1) is 0 Å². The molecule has 0 aromatic heterocycles. The van der Waals surface area contributed by atoms with Gasteiger partial charge in [0.1, 0.15) is 0 Å². The summed E-state index contributed by atoms with van der Waals surface area (Å²) < 4.78 is 0. The van der Waals surface area contributed by atoms with E-state index in [0.717, 1.165) is 6.04 Å². The molecule has 2 heterocycles. The maximum atomic E-state index is 2.73. The van der Waals surface area contributed by atoms with Crippen LogP contribution in [0.2, 0.25) is 0 Å². The number of unbranched alkanes of at least 4 members (excludes halogenated alkanes) is 2. The molecule has 0 saturated carbocycles. The normalized spacial score (nSPS) is 28.9. The van der Waals surface area contributed by atoms with Crippen LogP contribution in [-0.2, 0) is 0 Å². The van der Waals surface area contributed by atoms with E-state index in [2.05, 4.69) is 48.3 Å². The lowest BCUT2D eigenvalue weighted by molar-refractivity contribution is 0.153. The molecule has 0 spiro atoms. The molecule has 0 bridgehead atoms. The minimum atomic E-state index is 0.704. The van der Waals surface area contributed by atoms with Crippen molar-refractivity contribution in [3.63, 3.8) is 0 Å². The third-order valence-corrected chi connectivity index (χ3v) is 4.41. The first-order valence-corrected chi connectivity index (χ1v) is 8.17. The molecule has 19 heavy (non-hydrogen) atoms. The van der Waals surface area contributed by atoms with Crippen LogP contribution in [0.15, 0.2) is 36.5 Å². The van der Waals surface area contributed by atoms with Crippen molar-refractivity contribution in [2.24, 2.45) is 0 Å². The highest BCUT2D eigenvalue weighted by Crippen LogP contribution is 2.31. The molecule has 1 nitrogen and oxygen atoms in total. The van der Waals surface area contributed by atoms with Crippen molar-refractivity contribution in [1.82, 2.24) is 4.90 Å². The molecule has 0 aliphatic carbocycles. The quantitative estimate of drug-likeness (QED) is 0.486. The molecule has 2 aliphatic heterocycles. The molecular formula is C18H29N. The van der Waals surface area contributed by atoms with Gasteiger partial charge in [0.15, 0.2) is 0 Å². The van der Waals surface area contributed by atoms with Gasteiger partial charge in [-0.1, -0.05) is 62.6 Å². The summed E-state index contributed by atoms with van der Waals surface area (Å²) in [5.74, 6) is 0. The number of nitrogens with zero attached hydrogens (tertiary/aromatic N) is 1. The zero-order valence-electron chi connectivity index (χ0n) is 12.4. The Morgan fingerprint density at radius 2 is 1.84 bits per heavy atom. The SMILES string of the molecule is CCCC/C=C/C=C/C=C/C1CCC[C@@H]2CCCN12. The van der Waals surface area contributed by atoms with E-state index in [1.165, 1.54) is 57.9 Å². The first-order chi connectivity index (χ1) is 9.42. The number of allylic oxidation sites excluding steroid dienone is 5. The van der Waals surface area contributed by atoms with E-state index in [4.69, 9.17) is 0 Å². The Balaban J connectivity index is 1.72. The first-order valence-electron chi connectivity index (χ1n) is 8.17. The van der Waals surface area contributed by atoms with Crippen molar-refractivity contribution in [3.05, 3.63) is 36.5 Å². The lowest BCUT2D eigenvalue weighted by Crippen LogP contribution is -2.41. The maximum absolute atomic E-state index is 2.73. The largest absolute Gasteiger partial charge is 0.294 e. The summed E-state index contributed by atoms with van der Waals surface area (Å²) in [7, 11) is 0. The summed E-state index contributed by atoms with van der Waals surface area (Å²) >= 11 is 0. The van der Waals surface area contributed by atoms with Crippen LogP contribution >= 0.6 is 0 Å². The summed E-state index contributed by atoms with van der Waals surface area (Å²) in [6.07, 6.45) is 24.3. The summed E-state index contributed by atoms with van der Waals surface area (Å²) in [5, 5.41) is 0. The van der Waals surface area contributed by atoms with Crippen LogP contribution in [0, 0.1) is 0 Å². The zero-order chi connectivity index (χ0) is 13.3. The number of rotatable bonds is 6. The Kier molecular flexibility index (Phi) is 6.43. The van der Waals surface area contributed by atoms with Crippen molar-refractivity contribution >= 4 is 0 Å². The van der Waals surface area contributed by atoms with Crippen LogP contribution in [-0.4, -0.2) is 23.5 Å². The monoisotopic (exact) mass is 259 g/mol. The highest BCUT2D eigenvalue weighted by Gasteiger charge is 2.32. The summed E-state index contributed by atoms with van der Waals surface area (Å²) in [6.45, 7) is 3.56. The lowest BCUT2D eigenvalue weighted by atomic mass is 9.96. The average molecular weight is 259 g/mol. The fourth-order valence-corrected chi connectivity index (χ4v) is 3.36. The Labute approximate surface area is 119 Å². The fourth-order valence-electron chi connectivity index (χ4n) is 3.36. The molecule has 0 aromatic rings. The molecule has 1 heteroatoms. The number of fused-ring (bicyclic) bond motifs is 1. The van der Waals surface area contributed by atoms with Crippen molar-refractivity contribution in [3.8, 4) is 0 Å². The van der Waals surface area contributed by atoms with Gasteiger partial charge < -0.3 is 0 Å². The minimum absolute atomic E-state index is 0.704. The topological polar surface area (TPSA) is 3.24 Å². The fraction of sp³-hybridized carbons (Fsp3) is 0.667. The van der Waals surface area contributed by atoms with E-state index in [0.29, 0.717) is 6.04 Å². The van der Waals surface area contributed by atoms with E-state index in [1.54, 1.807) is 0 Å². The van der Waals surface area contributed by atoms with E-state index in [-0.39, 0.29) is 0 Å². The molecule has 2 fully saturated rings. The Morgan fingerprint density at radius 3 is 2.74 bits per heavy atom. The number of hydrogen-bond acceptors (Lipinski definition) is 1. The molecule has 0 radical (unpaired) electrons. The molecule has 2 saturated heterocycles. The first kappa shape index (κ1) is 14.6. The van der Waals surface area contributed by atoms with Gasteiger partial charge in [0.25, 0.3) is 0 Å². The molecule has 0 amide bonds. The van der Waals surface area contributed by atoms with Crippen LogP contribution in [0.25, 0.3) is 0 Å². The lowest BCUT2D eigenvalue weighted by Gasteiger charge is -2.36. The predicted octanol–water partition coefficient (Wildman–Crippen LogP) is 4.86. The smallest absolute Gasteiger partial charge is 0.0284 e. The van der Waals surface area contributed by atoms with Gasteiger partial charge in [0.05, 0.1) is 0 Å². The van der Waals surface area contributed by atoms with Crippen LogP contribution < -0.4 is 0 Å². The molecule has 1 unspecified atom stereocenters. The average Bonchev–Trinajstić information content (AvgIpc) is 2.91. The van der Waals surface area contributed by atoms with Crippen molar-refractivity contribution in [2.75, 3.05) is 6.54 Å². The standard InChI is InChI=1S/C18H29N/c1-2-3-4-5-6-7-8-9-12-17-13-10-14-18-15-11-16-19(17)18/h5-9,12,17-18H,2-4,10-11,13-16H2,1H3/b6-5+,8-7+,12-9+/t17?,18-/m1/s1. The highest BCUT2D eigenvalue weighted by molar-refractivity contribution is 5.13. The summed E-state index contributed by atoms with van der Waals surface area (Å²) in [6, 6.07) is 1.59. The predicted molar refractivity (Wildman–Crippen MR) is 84.3 cm³/mol. The maximum Gasteiger partial charge on any atom is 0.0284 e. The van der Waals surface area contributed by atoms with Gasteiger partial charge in [-0.3, -0.25) is 4.90 Å². The molecule has 106 valence electrons.